The van der Waals surface area contributed by atoms with Gasteiger partial charge in [-0.3, -0.25) is 24.2 Å². The highest BCUT2D eigenvalue weighted by Crippen LogP contribution is 2.51. The molecule has 4 aliphatic heterocycles. The molecule has 4 fully saturated rings. The van der Waals surface area contributed by atoms with E-state index in [0.29, 0.717) is 67.2 Å². The number of hydrogen-bond acceptors (Lipinski definition) is 15. The van der Waals surface area contributed by atoms with Crippen LogP contribution in [0.2, 0.25) is 0 Å². The molecule has 14 rings (SSSR count). The van der Waals surface area contributed by atoms with Crippen LogP contribution in [0.25, 0.3) is 67.6 Å². The van der Waals surface area contributed by atoms with Gasteiger partial charge in [0.25, 0.3) is 17.7 Å². The van der Waals surface area contributed by atoms with E-state index in [1.54, 1.807) is 58.9 Å². The van der Waals surface area contributed by atoms with E-state index < -0.39 is 48.3 Å². The van der Waals surface area contributed by atoms with Gasteiger partial charge in [-0.25, -0.2) is 41.0 Å². The predicted molar refractivity (Wildman–Crippen MR) is 433 cm³/mol. The fourth-order valence-electron chi connectivity index (χ4n) is 16.7. The van der Waals surface area contributed by atoms with Crippen LogP contribution in [0.15, 0.2) is 85.5 Å². The van der Waals surface area contributed by atoms with E-state index in [1.165, 1.54) is 37.8 Å². The first kappa shape index (κ1) is 79.7. The van der Waals surface area contributed by atoms with Crippen LogP contribution in [0.5, 0.6) is 11.5 Å². The lowest BCUT2D eigenvalue weighted by Crippen LogP contribution is -2.56. The fraction of sp³-hybridized carbons (Fsp3) is 0.500. The number of carboxylic acids is 1. The number of imidazole rings is 2. The van der Waals surface area contributed by atoms with Gasteiger partial charge in [0.05, 0.1) is 73.2 Å². The molecule has 2 saturated heterocycles. The molecule has 4 aromatic carbocycles. The van der Waals surface area contributed by atoms with E-state index in [4.69, 9.17) is 14.5 Å². The average molecular weight is 1530 g/mol. The molecule has 2 aliphatic carbocycles. The van der Waals surface area contributed by atoms with Gasteiger partial charge < -0.3 is 43.1 Å². The minimum atomic E-state index is -3.84. The third-order valence-corrected chi connectivity index (χ3v) is 26.9. The number of hydrogen-bond donors (Lipinski definition) is 4. The lowest BCUT2D eigenvalue weighted by molar-refractivity contribution is 0.0409. The van der Waals surface area contributed by atoms with Gasteiger partial charge in [-0.15, -0.1) is 0 Å². The Labute approximate surface area is 642 Å². The first-order chi connectivity index (χ1) is 51.8. The molecule has 584 valence electrons. The molecule has 0 unspecified atom stereocenters. The number of fused-ring (bicyclic) bond motifs is 10. The Balaban J connectivity index is 0.000000184. The van der Waals surface area contributed by atoms with Crippen LogP contribution in [0.1, 0.15) is 247 Å². The maximum Gasteiger partial charge on any atom is 0.356 e. The Hall–Kier alpha value is -8.88. The van der Waals surface area contributed by atoms with Crippen molar-refractivity contribution in [2.45, 2.75) is 219 Å². The normalized spacial score (nSPS) is 19.5. The number of ether oxygens (including phenoxy) is 2. The number of allylic oxidation sites excluding steroid dienone is 2. The number of sulfonamides is 2. The van der Waals surface area contributed by atoms with Crippen LogP contribution in [-0.4, -0.2) is 178 Å². The van der Waals surface area contributed by atoms with E-state index in [2.05, 4.69) is 117 Å². The Morgan fingerprint density at radius 3 is 1.29 bits per heavy atom. The molecular weight excluding hydrogens is 1420 g/mol. The quantitative estimate of drug-likeness (QED) is 0.0700. The molecule has 25 heteroatoms. The number of carbonyl (C=O) groups is 4. The van der Waals surface area contributed by atoms with Crippen molar-refractivity contribution >= 4 is 88.8 Å². The number of amides is 3. The molecule has 0 spiro atoms. The fourth-order valence-corrected chi connectivity index (χ4v) is 17.9. The van der Waals surface area contributed by atoms with Gasteiger partial charge in [0.15, 0.2) is 11.4 Å². The van der Waals surface area contributed by atoms with Crippen LogP contribution in [0.3, 0.4) is 0 Å². The molecule has 8 heterocycles. The molecule has 4 aromatic heterocycles. The number of likely N-dealkylation sites (N-methyl/N-ethyl adjacent to an activating group) is 2. The Morgan fingerprint density at radius 1 is 0.523 bits per heavy atom. The Morgan fingerprint density at radius 2 is 0.917 bits per heavy atom. The maximum absolute atomic E-state index is 14.6. The molecule has 3 amide bonds. The van der Waals surface area contributed by atoms with E-state index in [0.717, 1.165) is 142 Å². The molecule has 4 N–H and O–H groups in total. The van der Waals surface area contributed by atoms with E-state index in [9.17, 15) is 41.1 Å². The van der Waals surface area contributed by atoms with Crippen molar-refractivity contribution in [2.75, 3.05) is 54.5 Å². The molecule has 8 aromatic rings. The van der Waals surface area contributed by atoms with Gasteiger partial charge in [-0.05, 0) is 241 Å². The molecular formula is C84H110N12O11S2. The number of nitrogens with zero attached hydrogens (tertiary/aromatic N) is 9. The maximum atomic E-state index is 14.6. The number of carboxylic acid groups (broad SMARTS) is 1. The van der Waals surface area contributed by atoms with Crippen molar-refractivity contribution in [2.24, 2.45) is 0 Å². The zero-order chi connectivity index (χ0) is 78.4. The van der Waals surface area contributed by atoms with E-state index >= 15 is 0 Å². The van der Waals surface area contributed by atoms with Crippen LogP contribution < -0.4 is 24.2 Å². The molecule has 109 heavy (non-hydrogen) atoms. The standard InChI is InChI=1S/C42H54N6O5S.C35H40N4O6S.C7H16N2/c1-25(2)48-24-43-38(42(50)46-21-27(5)45(7)28(6)22-46)39(48)32-18-31-19-33(53-8)15-17-34(31)40-37(29-12-10-9-11-13-29)35-16-14-30(20-36(35)47(40)23-32)41(49)44-54(51,52)26(3)4;1-20(2)39-19-36-31(35(41)42)32(39)25-15-24-16-26(45-5)12-14-27(24)33-30(22-9-7-6-8-10-22)28-13-11-23(17-29(28)38(33)18-25)34(40)37-46(43,44)21(3)4;1-6-4-8-5-7(2)9(6)3/h14-20,24-29H,9-13,21-23H2,1-8H3,(H,44,49);11-17,19-22H,6-10,18H2,1-5H3,(H,37,40)(H,41,42);6-8H,4-5H2,1-3H3/t27-,28+;;6-,7+. The number of aromatic nitrogens is 6. The monoisotopic (exact) mass is 1530 g/mol. The van der Waals surface area contributed by atoms with Gasteiger partial charge in [0.1, 0.15) is 11.5 Å². The number of methoxy groups -OCH3 is 2. The summed E-state index contributed by atoms with van der Waals surface area (Å²) in [4.78, 5) is 69.7. The number of rotatable bonds is 16. The highest BCUT2D eigenvalue weighted by atomic mass is 32.2. The zero-order valence-corrected chi connectivity index (χ0v) is 67.8. The van der Waals surface area contributed by atoms with Crippen LogP contribution in [0.4, 0.5) is 0 Å². The van der Waals surface area contributed by atoms with E-state index in [-0.39, 0.29) is 46.9 Å². The smallest absolute Gasteiger partial charge is 0.356 e. The molecule has 6 aliphatic rings. The highest BCUT2D eigenvalue weighted by Gasteiger charge is 2.38. The van der Waals surface area contributed by atoms with Gasteiger partial charge in [0, 0.05) is 106 Å². The van der Waals surface area contributed by atoms with Crippen molar-refractivity contribution in [3.63, 3.8) is 0 Å². The van der Waals surface area contributed by atoms with Gasteiger partial charge in [-0.1, -0.05) is 50.7 Å². The summed E-state index contributed by atoms with van der Waals surface area (Å²) in [7, 11) is -0.0888. The van der Waals surface area contributed by atoms with Gasteiger partial charge in [0.2, 0.25) is 20.0 Å². The number of piperazine rings is 2. The number of benzene rings is 4. The summed E-state index contributed by atoms with van der Waals surface area (Å²) in [6, 6.07) is 24.9. The van der Waals surface area contributed by atoms with Gasteiger partial charge >= 0.3 is 5.97 Å². The summed E-state index contributed by atoms with van der Waals surface area (Å²) < 4.78 is 75.0. The van der Waals surface area contributed by atoms with Crippen LogP contribution in [0, 0.1) is 0 Å². The Bertz CT molecular complexity index is 5060. The van der Waals surface area contributed by atoms with Crippen molar-refractivity contribution in [3.8, 4) is 34.0 Å². The summed E-state index contributed by atoms with van der Waals surface area (Å²) in [5.41, 5.74) is 13.9. The molecule has 0 bridgehead atoms. The summed E-state index contributed by atoms with van der Waals surface area (Å²) in [6.45, 7) is 27.3. The topological polar surface area (TPSA) is 267 Å². The summed E-state index contributed by atoms with van der Waals surface area (Å²) in [5.74, 6) is -0.529. The van der Waals surface area contributed by atoms with Crippen molar-refractivity contribution in [3.05, 3.63) is 142 Å². The second-order valence-electron chi connectivity index (χ2n) is 31.9. The zero-order valence-electron chi connectivity index (χ0n) is 66.2. The van der Waals surface area contributed by atoms with Crippen LogP contribution >= 0.6 is 0 Å². The first-order valence-corrected chi connectivity index (χ1v) is 42.0. The second-order valence-corrected chi connectivity index (χ2v) is 36.4. The number of aromatic carboxylic acids is 1. The molecule has 0 radical (unpaired) electrons. The summed E-state index contributed by atoms with van der Waals surface area (Å²) in [6.07, 6.45) is 18.7. The minimum Gasteiger partial charge on any atom is -0.497 e. The van der Waals surface area contributed by atoms with E-state index in [1.807, 2.05) is 71.9 Å². The third kappa shape index (κ3) is 16.1. The molecule has 2 saturated carbocycles. The lowest BCUT2D eigenvalue weighted by Gasteiger charge is -2.42. The van der Waals surface area contributed by atoms with Crippen molar-refractivity contribution < 1.29 is 50.6 Å². The van der Waals surface area contributed by atoms with Crippen LogP contribution in [-0.2, 0) is 33.1 Å². The minimum absolute atomic E-state index is 0.0187. The number of carbonyl (C=O) groups excluding carboxylic acids is 3. The predicted octanol–water partition coefficient (Wildman–Crippen LogP) is 14.5. The highest BCUT2D eigenvalue weighted by molar-refractivity contribution is 7.90. The average Bonchev–Trinajstić information content (AvgIpc) is 1.57. The second kappa shape index (κ2) is 32.6. The Kier molecular flexibility index (Phi) is 23.8. The first-order valence-electron chi connectivity index (χ1n) is 38.9. The largest absolute Gasteiger partial charge is 0.497 e. The summed E-state index contributed by atoms with van der Waals surface area (Å²) >= 11 is 0. The SMILES string of the molecule is COc1ccc2c(c1)C=C(c1c(C(=O)N3C[C@@H](C)N(C)[C@@H](C)C3)ncn1C(C)C)Cn1c-2c(C2CCCCC2)c2ccc(C(=O)NS(=O)(=O)C(C)C)cc21.COc1ccc2c(c1)C=C(c1c(C(=O)O)ncn1C(C)C)Cn1c-2c(C2CCCCC2)c2ccc(C(=O)NS(=O)(=O)C(C)C)cc21.C[C@@H]1CNC[C@H](C)N1C. The van der Waals surface area contributed by atoms with Crippen molar-refractivity contribution in [1.29, 1.82) is 0 Å². The lowest BCUT2D eigenvalue weighted by atomic mass is 9.81. The van der Waals surface area contributed by atoms with Gasteiger partial charge in [-0.2, -0.15) is 0 Å². The van der Waals surface area contributed by atoms with Crippen molar-refractivity contribution in [1.82, 2.24) is 57.7 Å². The summed E-state index contributed by atoms with van der Waals surface area (Å²) in [5, 5.41) is 14.1. The third-order valence-electron chi connectivity index (χ3n) is 23.4. The number of nitrogens with one attached hydrogen (secondary N) is 3. The molecule has 4 atom stereocenters. The molecule has 23 nitrogen and oxygen atoms in total.